The van der Waals surface area contributed by atoms with E-state index in [1.54, 1.807) is 0 Å². The van der Waals surface area contributed by atoms with Crippen LogP contribution in [0.15, 0.2) is 150 Å². The van der Waals surface area contributed by atoms with Crippen LogP contribution in [0.25, 0.3) is 65.7 Å². The summed E-state index contributed by atoms with van der Waals surface area (Å²) in [5.41, 5.74) is 7.10. The van der Waals surface area contributed by atoms with Gasteiger partial charge in [-0.2, -0.15) is 0 Å². The summed E-state index contributed by atoms with van der Waals surface area (Å²) in [5.74, 6) is -0.0105. The first-order valence-electron chi connectivity index (χ1n) is 13.8. The number of benzene rings is 7. The normalized spacial score (nSPS) is 11.5. The SMILES string of the molecule is O=C(c1cc(-c2ccccc2)cc(-c2ccccc2)c1)c1ccc2oc3cccc4cccc(c5cccc1c25)c43. The molecule has 0 saturated carbocycles. The zero-order valence-electron chi connectivity index (χ0n) is 22.2. The fraction of sp³-hybridized carbons (Fsp3) is 0. The highest BCUT2D eigenvalue weighted by atomic mass is 16.3. The Morgan fingerprint density at radius 1 is 0.439 bits per heavy atom. The van der Waals surface area contributed by atoms with Crippen LogP contribution in [0.3, 0.4) is 0 Å². The second-order valence-corrected chi connectivity index (χ2v) is 10.5. The third kappa shape index (κ3) is 3.84. The molecule has 0 fully saturated rings. The van der Waals surface area contributed by atoms with Crippen LogP contribution in [0.4, 0.5) is 0 Å². The van der Waals surface area contributed by atoms with E-state index < -0.39 is 0 Å². The number of carbonyl (C=O) groups is 1. The van der Waals surface area contributed by atoms with E-state index in [0.717, 1.165) is 65.7 Å². The van der Waals surface area contributed by atoms with Crippen LogP contribution in [0.1, 0.15) is 15.9 Å². The summed E-state index contributed by atoms with van der Waals surface area (Å²) in [4.78, 5) is 14.4. The lowest BCUT2D eigenvalue weighted by atomic mass is 9.90. The Morgan fingerprint density at radius 3 is 1.68 bits per heavy atom. The number of carbonyl (C=O) groups excluding carboxylic acids is 1. The van der Waals surface area contributed by atoms with Crippen molar-refractivity contribution in [1.29, 1.82) is 0 Å². The first-order valence-corrected chi connectivity index (χ1v) is 13.8. The van der Waals surface area contributed by atoms with Crippen molar-refractivity contribution in [2.75, 3.05) is 0 Å². The lowest BCUT2D eigenvalue weighted by molar-refractivity contribution is 0.104. The van der Waals surface area contributed by atoms with E-state index in [-0.39, 0.29) is 5.78 Å². The predicted octanol–water partition coefficient (Wildman–Crippen LogP) is 10.5. The van der Waals surface area contributed by atoms with Gasteiger partial charge >= 0.3 is 0 Å². The van der Waals surface area contributed by atoms with Crippen molar-refractivity contribution >= 4 is 49.3 Å². The van der Waals surface area contributed by atoms with Gasteiger partial charge in [0.05, 0.1) is 0 Å². The molecule has 41 heavy (non-hydrogen) atoms. The zero-order chi connectivity index (χ0) is 27.3. The molecule has 0 N–H and O–H groups in total. The maximum atomic E-state index is 14.4. The monoisotopic (exact) mass is 524 g/mol. The highest BCUT2D eigenvalue weighted by Gasteiger charge is 2.19. The third-order valence-corrected chi connectivity index (χ3v) is 8.03. The molecule has 0 unspecified atom stereocenters. The van der Waals surface area contributed by atoms with E-state index in [1.165, 1.54) is 0 Å². The second kappa shape index (κ2) is 9.32. The number of hydrogen-bond donors (Lipinski definition) is 0. The highest BCUT2D eigenvalue weighted by Crippen LogP contribution is 2.38. The molecule has 192 valence electrons. The van der Waals surface area contributed by atoms with Crippen molar-refractivity contribution in [2.24, 2.45) is 0 Å². The van der Waals surface area contributed by atoms with Crippen LogP contribution in [0, 0.1) is 0 Å². The van der Waals surface area contributed by atoms with Crippen LogP contribution in [-0.2, 0) is 0 Å². The van der Waals surface area contributed by atoms with E-state index in [1.807, 2.05) is 84.9 Å². The molecule has 7 aromatic carbocycles. The predicted molar refractivity (Wildman–Crippen MR) is 169 cm³/mol. The average molecular weight is 525 g/mol. The second-order valence-electron chi connectivity index (χ2n) is 10.5. The number of hydrogen-bond acceptors (Lipinski definition) is 2. The smallest absolute Gasteiger partial charge is 0.193 e. The van der Waals surface area contributed by atoms with Crippen molar-refractivity contribution in [2.45, 2.75) is 0 Å². The fourth-order valence-corrected chi connectivity index (χ4v) is 6.13. The Morgan fingerprint density at radius 2 is 1.00 bits per heavy atom. The van der Waals surface area contributed by atoms with Crippen molar-refractivity contribution in [1.82, 2.24) is 0 Å². The minimum absolute atomic E-state index is 0.0105. The van der Waals surface area contributed by atoms with Crippen LogP contribution in [-0.4, -0.2) is 5.78 Å². The maximum Gasteiger partial charge on any atom is 0.193 e. The number of fused-ring (bicyclic) bond motifs is 1. The molecule has 2 heteroatoms. The van der Waals surface area contributed by atoms with Gasteiger partial charge in [0.25, 0.3) is 0 Å². The molecule has 0 bridgehead atoms. The first-order chi connectivity index (χ1) is 20.2. The fourth-order valence-electron chi connectivity index (χ4n) is 6.13. The van der Waals surface area contributed by atoms with Crippen LogP contribution in [0.5, 0.6) is 0 Å². The van der Waals surface area contributed by atoms with E-state index >= 15 is 0 Å². The third-order valence-electron chi connectivity index (χ3n) is 8.03. The van der Waals surface area contributed by atoms with Gasteiger partial charge in [0.1, 0.15) is 11.2 Å². The molecule has 0 amide bonds. The Labute approximate surface area is 237 Å². The summed E-state index contributed by atoms with van der Waals surface area (Å²) in [6.45, 7) is 0. The van der Waals surface area contributed by atoms with Crippen LogP contribution >= 0.6 is 0 Å². The Balaban J connectivity index is 1.39. The van der Waals surface area contributed by atoms with Crippen molar-refractivity contribution < 1.29 is 9.21 Å². The number of ketones is 1. The van der Waals surface area contributed by atoms with Crippen molar-refractivity contribution in [3.05, 3.63) is 157 Å². The molecule has 0 saturated heterocycles. The molecule has 1 heterocycles. The quantitative estimate of drug-likeness (QED) is 0.214. The van der Waals surface area contributed by atoms with Gasteiger partial charge < -0.3 is 4.42 Å². The molecule has 0 spiro atoms. The van der Waals surface area contributed by atoms with E-state index in [4.69, 9.17) is 4.42 Å². The standard InChI is InChI=1S/C39H24O2/c40-39(30-23-28(25-10-3-1-4-11-25)22-29(24-30)26-12-5-2-6-13-26)34-20-21-36-38-32(17-9-18-33(34)38)31-16-7-14-27-15-8-19-35(41-36)37(27)31/h1-24H. The summed E-state index contributed by atoms with van der Waals surface area (Å²) < 4.78 is 6.53. The Bertz CT molecular complexity index is 2190. The average Bonchev–Trinajstić information content (AvgIpc) is 3.18. The van der Waals surface area contributed by atoms with Gasteiger partial charge in [-0.05, 0) is 80.2 Å². The molecule has 8 rings (SSSR count). The van der Waals surface area contributed by atoms with E-state index in [0.29, 0.717) is 11.1 Å². The van der Waals surface area contributed by atoms with Crippen molar-refractivity contribution in [3.8, 4) is 22.3 Å². The molecule has 1 aromatic heterocycles. The minimum atomic E-state index is -0.0105. The maximum absolute atomic E-state index is 14.4. The van der Waals surface area contributed by atoms with E-state index in [9.17, 15) is 4.79 Å². The van der Waals surface area contributed by atoms with Gasteiger partial charge in [-0.25, -0.2) is 0 Å². The topological polar surface area (TPSA) is 30.2 Å². The largest absolute Gasteiger partial charge is 0.456 e. The highest BCUT2D eigenvalue weighted by molar-refractivity contribution is 6.27. The zero-order valence-corrected chi connectivity index (χ0v) is 22.2. The molecule has 0 aliphatic rings. The molecule has 0 aliphatic heterocycles. The summed E-state index contributed by atoms with van der Waals surface area (Å²) >= 11 is 0. The molecular formula is C39H24O2. The Hall–Kier alpha value is -5.47. The van der Waals surface area contributed by atoms with Crippen LogP contribution < -0.4 is 0 Å². The van der Waals surface area contributed by atoms with Gasteiger partial charge in [-0.1, -0.05) is 109 Å². The summed E-state index contributed by atoms with van der Waals surface area (Å²) in [7, 11) is 0. The summed E-state index contributed by atoms with van der Waals surface area (Å²) in [5, 5.41) is 6.27. The van der Waals surface area contributed by atoms with Crippen LogP contribution in [0.2, 0.25) is 0 Å². The molecule has 8 aromatic rings. The van der Waals surface area contributed by atoms with Gasteiger partial charge in [0, 0.05) is 21.9 Å². The molecule has 0 radical (unpaired) electrons. The molecule has 2 nitrogen and oxygen atoms in total. The molecular weight excluding hydrogens is 500 g/mol. The first kappa shape index (κ1) is 23.4. The Kier molecular flexibility index (Phi) is 5.33. The summed E-state index contributed by atoms with van der Waals surface area (Å²) in [6.07, 6.45) is 0. The lowest BCUT2D eigenvalue weighted by Gasteiger charge is -2.12. The minimum Gasteiger partial charge on any atom is -0.456 e. The van der Waals surface area contributed by atoms with Crippen molar-refractivity contribution in [3.63, 3.8) is 0 Å². The number of rotatable bonds is 4. The molecule has 0 aliphatic carbocycles. The van der Waals surface area contributed by atoms with Gasteiger partial charge in [-0.15, -0.1) is 0 Å². The lowest BCUT2D eigenvalue weighted by Crippen LogP contribution is -2.03. The van der Waals surface area contributed by atoms with E-state index in [2.05, 4.69) is 60.7 Å². The molecule has 0 atom stereocenters. The van der Waals surface area contributed by atoms with Gasteiger partial charge in [0.2, 0.25) is 0 Å². The van der Waals surface area contributed by atoms with Gasteiger partial charge in [-0.3, -0.25) is 4.79 Å². The van der Waals surface area contributed by atoms with Gasteiger partial charge in [0.15, 0.2) is 5.78 Å². The summed E-state index contributed by atoms with van der Waals surface area (Å²) in [6, 6.07) is 49.2.